The molecule has 0 saturated carbocycles. The minimum Gasteiger partial charge on any atom is -0.0616 e. The molecule has 1 heteroatoms. The second-order valence-corrected chi connectivity index (χ2v) is 2.35. The summed E-state index contributed by atoms with van der Waals surface area (Å²) in [6.07, 6.45) is 0. The minimum absolute atomic E-state index is 0. The average molecular weight is 337 g/mol. The van der Waals surface area contributed by atoms with Crippen molar-refractivity contribution in [3.63, 3.8) is 0 Å². The normalized spacial score (nSPS) is 9.09. The van der Waals surface area contributed by atoms with Crippen molar-refractivity contribution in [2.75, 3.05) is 0 Å². The molecule has 0 heterocycles. The molecule has 2 aromatic rings. The predicted octanol–water partition coefficient (Wildman–Crippen LogP) is 1.92. The molecule has 54 valence electrons. The van der Waals surface area contributed by atoms with Crippen molar-refractivity contribution in [3.8, 4) is 0 Å². The largest absolute Gasteiger partial charge is 0.0616 e. The molecule has 0 unspecified atom stereocenters. The molecule has 2 radical (unpaired) electrons. The first-order chi connectivity index (χ1) is 4.97. The van der Waals surface area contributed by atoms with Crippen molar-refractivity contribution in [1.29, 1.82) is 0 Å². The molecular formula is C10H10Pb. The Labute approximate surface area is 86.4 Å². The molecule has 0 nitrogen and oxygen atoms in total. The van der Waals surface area contributed by atoms with Crippen molar-refractivity contribution < 1.29 is 0 Å². The number of rotatable bonds is 0. The third kappa shape index (κ3) is 1.80. The molecule has 0 N–H and O–H groups in total. The molecular weight excluding hydrogens is 327 g/mol. The van der Waals surface area contributed by atoms with E-state index in [-0.39, 0.29) is 27.3 Å². The van der Waals surface area contributed by atoms with Crippen molar-refractivity contribution in [1.82, 2.24) is 0 Å². The number of fused-ring (bicyclic) bond motifs is 1. The molecule has 0 aliphatic rings. The summed E-state index contributed by atoms with van der Waals surface area (Å²) in [7, 11) is 0. The zero-order valence-corrected chi connectivity index (χ0v) is 11.8. The molecule has 11 heavy (non-hydrogen) atoms. The standard InChI is InChI=1S/C10H8.Pb.2H/c1-2-6-10-8-4-3-7-9(10)5-1;;;/h1-8H;;;. The monoisotopic (exact) mass is 338 g/mol. The van der Waals surface area contributed by atoms with Crippen LogP contribution in [0.3, 0.4) is 0 Å². The first kappa shape index (κ1) is 8.72. The molecule has 2 aromatic carbocycles. The summed E-state index contributed by atoms with van der Waals surface area (Å²) in [6, 6.07) is 16.7. The first-order valence-corrected chi connectivity index (χ1v) is 3.40. The topological polar surface area (TPSA) is 0 Å². The summed E-state index contributed by atoms with van der Waals surface area (Å²) >= 11 is 0. The van der Waals surface area contributed by atoms with Gasteiger partial charge in [0.1, 0.15) is 0 Å². The Morgan fingerprint density at radius 2 is 0.818 bits per heavy atom. The van der Waals surface area contributed by atoms with Gasteiger partial charge >= 0.3 is 27.3 Å². The molecule has 0 atom stereocenters. The molecule has 0 aliphatic carbocycles. The van der Waals surface area contributed by atoms with E-state index < -0.39 is 0 Å². The van der Waals surface area contributed by atoms with Gasteiger partial charge in [-0.05, 0) is 10.8 Å². The van der Waals surface area contributed by atoms with Crippen molar-refractivity contribution >= 4 is 38.1 Å². The average Bonchev–Trinajstić information content (AvgIpc) is 2.05. The Balaban J connectivity index is 0.000000605. The quantitative estimate of drug-likeness (QED) is 0.645. The predicted molar refractivity (Wildman–Crippen MR) is 52.5 cm³/mol. The van der Waals surface area contributed by atoms with Gasteiger partial charge in [0.05, 0.1) is 0 Å². The van der Waals surface area contributed by atoms with Crippen LogP contribution in [0.4, 0.5) is 0 Å². The van der Waals surface area contributed by atoms with E-state index in [1.807, 2.05) is 0 Å². The van der Waals surface area contributed by atoms with Gasteiger partial charge in [0, 0.05) is 0 Å². The van der Waals surface area contributed by atoms with Gasteiger partial charge in [-0.2, -0.15) is 0 Å². The molecule has 0 fully saturated rings. The van der Waals surface area contributed by atoms with Crippen LogP contribution in [0.5, 0.6) is 0 Å². The van der Waals surface area contributed by atoms with Crippen LogP contribution in [0, 0.1) is 0 Å². The third-order valence-corrected chi connectivity index (χ3v) is 1.66. The van der Waals surface area contributed by atoms with Crippen molar-refractivity contribution in [2.45, 2.75) is 0 Å². The van der Waals surface area contributed by atoms with Crippen LogP contribution in [0.1, 0.15) is 0 Å². The Bertz CT molecular complexity index is 276. The maximum Gasteiger partial charge on any atom is -0.0184 e. The van der Waals surface area contributed by atoms with E-state index in [1.54, 1.807) is 0 Å². The van der Waals surface area contributed by atoms with E-state index in [0.717, 1.165) is 0 Å². The Hall–Kier alpha value is -0.378. The maximum absolute atomic E-state index is 2.12. The van der Waals surface area contributed by atoms with Crippen LogP contribution < -0.4 is 0 Å². The molecule has 0 amide bonds. The van der Waals surface area contributed by atoms with Gasteiger partial charge in [-0.25, -0.2) is 0 Å². The summed E-state index contributed by atoms with van der Waals surface area (Å²) < 4.78 is 0. The second kappa shape index (κ2) is 3.85. The van der Waals surface area contributed by atoms with Crippen molar-refractivity contribution in [3.05, 3.63) is 48.5 Å². The minimum atomic E-state index is 0. The van der Waals surface area contributed by atoms with E-state index in [0.29, 0.717) is 0 Å². The smallest absolute Gasteiger partial charge is 0.0184 e. The fourth-order valence-corrected chi connectivity index (χ4v) is 1.13. The summed E-state index contributed by atoms with van der Waals surface area (Å²) in [5.74, 6) is 0. The van der Waals surface area contributed by atoms with E-state index in [9.17, 15) is 0 Å². The van der Waals surface area contributed by atoms with Crippen LogP contribution in [0.15, 0.2) is 48.5 Å². The van der Waals surface area contributed by atoms with E-state index >= 15 is 0 Å². The summed E-state index contributed by atoms with van der Waals surface area (Å²) in [6.45, 7) is 0. The third-order valence-electron chi connectivity index (χ3n) is 1.66. The van der Waals surface area contributed by atoms with Crippen LogP contribution in [-0.2, 0) is 0 Å². The SMILES string of the molecule is [PbH2].c1ccc2ccccc2c1. The zero-order valence-electron chi connectivity index (χ0n) is 6.33. The van der Waals surface area contributed by atoms with Gasteiger partial charge in [0.25, 0.3) is 0 Å². The summed E-state index contributed by atoms with van der Waals surface area (Å²) in [5.41, 5.74) is 0. The number of hydrogen-bond acceptors (Lipinski definition) is 0. The molecule has 2 rings (SSSR count). The van der Waals surface area contributed by atoms with Gasteiger partial charge in [-0.1, -0.05) is 48.5 Å². The number of hydrogen-bond donors (Lipinski definition) is 0. The Morgan fingerprint density at radius 3 is 1.09 bits per heavy atom. The zero-order chi connectivity index (χ0) is 6.81. The molecule has 0 saturated heterocycles. The van der Waals surface area contributed by atoms with Crippen LogP contribution in [0.2, 0.25) is 0 Å². The van der Waals surface area contributed by atoms with Gasteiger partial charge in [0.2, 0.25) is 0 Å². The van der Waals surface area contributed by atoms with Gasteiger partial charge in [-0.15, -0.1) is 0 Å². The van der Waals surface area contributed by atoms with Gasteiger partial charge in [0.15, 0.2) is 0 Å². The van der Waals surface area contributed by atoms with Gasteiger partial charge in [-0.3, -0.25) is 0 Å². The Morgan fingerprint density at radius 1 is 0.545 bits per heavy atom. The van der Waals surface area contributed by atoms with Crippen molar-refractivity contribution in [2.24, 2.45) is 0 Å². The molecule has 0 aromatic heterocycles. The molecule has 0 aliphatic heterocycles. The van der Waals surface area contributed by atoms with Gasteiger partial charge < -0.3 is 0 Å². The van der Waals surface area contributed by atoms with E-state index in [1.165, 1.54) is 10.8 Å². The molecule has 0 spiro atoms. The first-order valence-electron chi connectivity index (χ1n) is 3.40. The fraction of sp³-hybridized carbons (Fsp3) is 0. The van der Waals surface area contributed by atoms with E-state index in [2.05, 4.69) is 48.5 Å². The fourth-order valence-electron chi connectivity index (χ4n) is 1.13. The summed E-state index contributed by atoms with van der Waals surface area (Å²) in [5, 5.41) is 2.62. The van der Waals surface area contributed by atoms with Crippen LogP contribution in [-0.4, -0.2) is 27.3 Å². The number of benzene rings is 2. The summed E-state index contributed by atoms with van der Waals surface area (Å²) in [4.78, 5) is 0. The second-order valence-electron chi connectivity index (χ2n) is 2.35. The van der Waals surface area contributed by atoms with E-state index in [4.69, 9.17) is 0 Å². The molecule has 0 bridgehead atoms. The van der Waals surface area contributed by atoms with Crippen LogP contribution >= 0.6 is 0 Å². The van der Waals surface area contributed by atoms with Crippen LogP contribution in [0.25, 0.3) is 10.8 Å². The Kier molecular flexibility index (Phi) is 3.05. The maximum atomic E-state index is 2.12.